The van der Waals surface area contributed by atoms with Crippen molar-refractivity contribution < 1.29 is 80.2 Å². The highest BCUT2D eigenvalue weighted by molar-refractivity contribution is 7.47. The number of allylic oxidation sites excluding steroid dienone is 4. The van der Waals surface area contributed by atoms with E-state index < -0.39 is 97.5 Å². The fourth-order valence-corrected chi connectivity index (χ4v) is 12.7. The molecule has 0 amide bonds. The summed E-state index contributed by atoms with van der Waals surface area (Å²) < 4.78 is 68.4. The van der Waals surface area contributed by atoms with Crippen LogP contribution in [0.3, 0.4) is 0 Å². The van der Waals surface area contributed by atoms with Crippen LogP contribution in [0.1, 0.15) is 375 Å². The maximum Gasteiger partial charge on any atom is 0.472 e. The van der Waals surface area contributed by atoms with Gasteiger partial charge in [-0.15, -0.1) is 0 Å². The lowest BCUT2D eigenvalue weighted by Crippen LogP contribution is -2.30. The molecule has 560 valence electrons. The number of phosphoric ester groups is 2. The van der Waals surface area contributed by atoms with Crippen LogP contribution in [0.15, 0.2) is 24.3 Å². The molecule has 0 saturated heterocycles. The van der Waals surface area contributed by atoms with Crippen molar-refractivity contribution in [1.29, 1.82) is 0 Å². The summed E-state index contributed by atoms with van der Waals surface area (Å²) in [7, 11) is -9.92. The molecule has 0 saturated carbocycles. The van der Waals surface area contributed by atoms with Gasteiger partial charge in [-0.2, -0.15) is 0 Å². The minimum absolute atomic E-state index is 0.102. The highest BCUT2D eigenvalue weighted by Crippen LogP contribution is 2.45. The van der Waals surface area contributed by atoms with Gasteiger partial charge in [-0.3, -0.25) is 37.3 Å². The molecule has 0 aromatic rings. The van der Waals surface area contributed by atoms with E-state index in [2.05, 4.69) is 58.9 Å². The molecule has 0 aliphatic heterocycles. The third-order valence-corrected chi connectivity index (χ3v) is 19.4. The van der Waals surface area contributed by atoms with Crippen molar-refractivity contribution in [2.24, 2.45) is 5.92 Å². The average molecular weight is 1390 g/mol. The summed E-state index contributed by atoms with van der Waals surface area (Å²) in [5, 5.41) is 10.6. The Morgan fingerprint density at radius 1 is 0.337 bits per heavy atom. The van der Waals surface area contributed by atoms with Crippen LogP contribution in [0.25, 0.3) is 0 Å². The average Bonchev–Trinajstić information content (AvgIpc) is 1.80. The van der Waals surface area contributed by atoms with Gasteiger partial charge < -0.3 is 33.8 Å². The second-order valence-electron chi connectivity index (χ2n) is 26.9. The highest BCUT2D eigenvalue weighted by Gasteiger charge is 2.30. The van der Waals surface area contributed by atoms with Gasteiger partial charge in [-0.05, 0) is 57.3 Å². The number of rotatable bonds is 74. The molecular formula is C76H144O17P2. The first kappa shape index (κ1) is 92.5. The monoisotopic (exact) mass is 1390 g/mol. The van der Waals surface area contributed by atoms with Crippen LogP contribution in [0.2, 0.25) is 0 Å². The maximum atomic E-state index is 13.1. The summed E-state index contributed by atoms with van der Waals surface area (Å²) in [6, 6.07) is 0. The van der Waals surface area contributed by atoms with Crippen molar-refractivity contribution in [2.75, 3.05) is 39.6 Å². The first-order chi connectivity index (χ1) is 46.1. The normalized spacial score (nSPS) is 14.4. The topological polar surface area (TPSA) is 237 Å². The predicted octanol–water partition coefficient (Wildman–Crippen LogP) is 22.0. The second kappa shape index (κ2) is 68.7. The third kappa shape index (κ3) is 68.5. The molecule has 19 heteroatoms. The van der Waals surface area contributed by atoms with E-state index in [1.165, 1.54) is 173 Å². The molecule has 0 aromatic carbocycles. The lowest BCUT2D eigenvalue weighted by Gasteiger charge is -2.21. The lowest BCUT2D eigenvalue weighted by atomic mass is 10.00. The van der Waals surface area contributed by atoms with Gasteiger partial charge in [0.15, 0.2) is 12.2 Å². The van der Waals surface area contributed by atoms with E-state index >= 15 is 0 Å². The molecule has 0 bridgehead atoms. The number of aliphatic hydroxyl groups is 1. The molecule has 95 heavy (non-hydrogen) atoms. The number of hydrogen-bond donors (Lipinski definition) is 3. The van der Waals surface area contributed by atoms with Crippen LogP contribution in [0.4, 0.5) is 0 Å². The number of ether oxygens (including phenoxy) is 4. The number of aliphatic hydroxyl groups excluding tert-OH is 1. The van der Waals surface area contributed by atoms with Gasteiger partial charge in [-0.1, -0.05) is 322 Å². The fraction of sp³-hybridized carbons (Fsp3) is 0.895. The molecule has 0 aliphatic rings. The van der Waals surface area contributed by atoms with Crippen molar-refractivity contribution in [2.45, 2.75) is 393 Å². The summed E-state index contributed by atoms with van der Waals surface area (Å²) in [4.78, 5) is 72.7. The molecule has 0 radical (unpaired) electrons. The van der Waals surface area contributed by atoms with E-state index in [1.54, 1.807) is 0 Å². The van der Waals surface area contributed by atoms with Crippen LogP contribution in [0.5, 0.6) is 0 Å². The number of unbranched alkanes of at least 4 members (excludes halogenated alkanes) is 42. The van der Waals surface area contributed by atoms with Crippen molar-refractivity contribution in [1.82, 2.24) is 0 Å². The van der Waals surface area contributed by atoms with Gasteiger partial charge in [0.05, 0.1) is 26.4 Å². The molecule has 17 nitrogen and oxygen atoms in total. The largest absolute Gasteiger partial charge is 0.472 e. The summed E-state index contributed by atoms with van der Waals surface area (Å²) in [6.07, 6.45) is 60.5. The van der Waals surface area contributed by atoms with E-state index in [0.29, 0.717) is 25.7 Å². The lowest BCUT2D eigenvalue weighted by molar-refractivity contribution is -0.161. The summed E-state index contributed by atoms with van der Waals surface area (Å²) in [5.41, 5.74) is 0. The number of phosphoric acid groups is 2. The fourth-order valence-electron chi connectivity index (χ4n) is 11.1. The first-order valence-corrected chi connectivity index (χ1v) is 42.0. The van der Waals surface area contributed by atoms with Crippen LogP contribution < -0.4 is 0 Å². The Morgan fingerprint density at radius 3 is 0.895 bits per heavy atom. The van der Waals surface area contributed by atoms with Gasteiger partial charge in [0.1, 0.15) is 19.3 Å². The standard InChI is InChI=1S/C76H144O17P2/c1-6-10-13-16-19-22-25-27-29-30-31-32-34-36-39-42-45-52-57-62-76(81)92-71(65-86-73(78)59-54-49-43-40-38-35-33-28-26-23-20-17-14-11-7-2)67-90-94(82,83)88-63-70(77)64-89-95(84,85)91-68-72(66-87-74(79)60-55-50-47-46-48-53-58-69(5)9-4)93-75(80)61-56-51-44-41-37-24-21-18-15-12-8-3/h23,26,28,33,69-72,77H,6-22,24-25,27,29-32,34-68H2,1-5H3,(H,82,83)(H,84,85)/b26-23-,33-28-/t69?,70-,71-,72-/m1/s1. The zero-order valence-electron chi connectivity index (χ0n) is 61.3. The SMILES string of the molecule is CCCCCC/C=C\C=C/CCCCCCCC(=O)OC[C@H](COP(=O)(O)OC[C@@H](O)COP(=O)(O)OC[C@@H](COC(=O)CCCCCCCCC(C)CC)OC(=O)CCCCCCCCCCCCC)OC(=O)CCCCCCCCCCCCCCCCCCCCC. The molecule has 0 spiro atoms. The Bertz CT molecular complexity index is 1920. The van der Waals surface area contributed by atoms with Crippen LogP contribution in [-0.4, -0.2) is 96.7 Å². The van der Waals surface area contributed by atoms with E-state index in [9.17, 15) is 43.2 Å². The Labute approximate surface area is 580 Å². The number of esters is 4. The third-order valence-electron chi connectivity index (χ3n) is 17.5. The zero-order chi connectivity index (χ0) is 69.8. The van der Waals surface area contributed by atoms with Gasteiger partial charge in [-0.25, -0.2) is 9.13 Å². The Morgan fingerprint density at radius 2 is 0.589 bits per heavy atom. The molecule has 0 rings (SSSR count). The highest BCUT2D eigenvalue weighted by atomic mass is 31.2. The van der Waals surface area contributed by atoms with Crippen molar-refractivity contribution >= 4 is 39.5 Å². The number of carbonyl (C=O) groups excluding carboxylic acids is 4. The molecule has 0 aromatic heterocycles. The maximum absolute atomic E-state index is 13.1. The molecule has 3 unspecified atom stereocenters. The van der Waals surface area contributed by atoms with Gasteiger partial charge in [0.2, 0.25) is 0 Å². The van der Waals surface area contributed by atoms with E-state index in [4.69, 9.17) is 37.0 Å². The van der Waals surface area contributed by atoms with Gasteiger partial charge in [0, 0.05) is 25.7 Å². The summed E-state index contributed by atoms with van der Waals surface area (Å²) in [6.45, 7) is 7.18. The number of hydrogen-bond acceptors (Lipinski definition) is 15. The van der Waals surface area contributed by atoms with Crippen molar-refractivity contribution in [3.8, 4) is 0 Å². The van der Waals surface area contributed by atoms with Gasteiger partial charge >= 0.3 is 39.5 Å². The smallest absolute Gasteiger partial charge is 0.462 e. The quantitative estimate of drug-likeness (QED) is 0.0169. The van der Waals surface area contributed by atoms with Crippen molar-refractivity contribution in [3.05, 3.63) is 24.3 Å². The van der Waals surface area contributed by atoms with Crippen LogP contribution in [0, 0.1) is 5.92 Å². The molecule has 0 fully saturated rings. The Hall–Kier alpha value is -2.46. The summed E-state index contributed by atoms with van der Waals surface area (Å²) in [5.74, 6) is -1.42. The van der Waals surface area contributed by atoms with Gasteiger partial charge in [0.25, 0.3) is 0 Å². The van der Waals surface area contributed by atoms with E-state index in [1.807, 2.05) is 0 Å². The second-order valence-corrected chi connectivity index (χ2v) is 29.9. The first-order valence-electron chi connectivity index (χ1n) is 39.0. The minimum Gasteiger partial charge on any atom is -0.462 e. The Kier molecular flexibility index (Phi) is 66.9. The summed E-state index contributed by atoms with van der Waals surface area (Å²) >= 11 is 0. The van der Waals surface area contributed by atoms with Crippen LogP contribution >= 0.6 is 15.6 Å². The minimum atomic E-state index is -4.96. The number of carbonyl (C=O) groups is 4. The molecule has 0 aliphatic carbocycles. The van der Waals surface area contributed by atoms with E-state index in [-0.39, 0.29) is 25.7 Å². The van der Waals surface area contributed by atoms with Crippen LogP contribution in [-0.2, 0) is 65.4 Å². The molecular weight excluding hydrogens is 1250 g/mol. The molecule has 3 N–H and O–H groups in total. The zero-order valence-corrected chi connectivity index (χ0v) is 63.1. The molecule has 6 atom stereocenters. The molecule has 0 heterocycles. The Balaban J connectivity index is 5.26. The van der Waals surface area contributed by atoms with Crippen molar-refractivity contribution in [3.63, 3.8) is 0 Å². The predicted molar refractivity (Wildman–Crippen MR) is 386 cm³/mol. The van der Waals surface area contributed by atoms with E-state index in [0.717, 1.165) is 121 Å².